The van der Waals surface area contributed by atoms with E-state index in [9.17, 15) is 13.2 Å². The Kier molecular flexibility index (Phi) is 14.2. The predicted molar refractivity (Wildman–Crippen MR) is 147 cm³/mol. The minimum atomic E-state index is -0.580. The Morgan fingerprint density at radius 1 is 1.06 bits per heavy atom. The van der Waals surface area contributed by atoms with E-state index in [4.69, 9.17) is 0 Å². The molecule has 0 amide bonds. The maximum atomic E-state index is 14.6. The van der Waals surface area contributed by atoms with Crippen molar-refractivity contribution in [3.8, 4) is 17.1 Å². The van der Waals surface area contributed by atoms with Gasteiger partial charge in [0.05, 0.1) is 5.56 Å². The number of aromatic nitrogens is 2. The van der Waals surface area contributed by atoms with Crippen LogP contribution >= 0.6 is 0 Å². The van der Waals surface area contributed by atoms with Crippen molar-refractivity contribution in [3.05, 3.63) is 95.4 Å². The summed E-state index contributed by atoms with van der Waals surface area (Å²) >= 11 is 0. The lowest BCUT2D eigenvalue weighted by molar-refractivity contribution is 0.543. The van der Waals surface area contributed by atoms with Gasteiger partial charge in [-0.25, -0.2) is 18.2 Å². The van der Waals surface area contributed by atoms with Crippen molar-refractivity contribution in [1.82, 2.24) is 9.55 Å². The maximum Gasteiger partial charge on any atom is 0.147 e. The highest BCUT2D eigenvalue weighted by Crippen LogP contribution is 2.34. The van der Waals surface area contributed by atoms with Crippen molar-refractivity contribution in [1.29, 1.82) is 0 Å². The number of halogens is 3. The van der Waals surface area contributed by atoms with Crippen LogP contribution in [0.15, 0.2) is 78.2 Å². The van der Waals surface area contributed by atoms with Crippen LogP contribution in [0.1, 0.15) is 79.2 Å². The highest BCUT2D eigenvalue weighted by Gasteiger charge is 2.21. The lowest BCUT2D eigenvalue weighted by Gasteiger charge is -2.17. The third kappa shape index (κ3) is 9.18. The molecule has 0 aliphatic heterocycles. The number of unbranched alkanes of at least 4 members (excludes halogenated alkanes) is 1. The molecule has 5 heteroatoms. The number of rotatable bonds is 8. The summed E-state index contributed by atoms with van der Waals surface area (Å²) in [7, 11) is 0. The molecule has 1 heterocycles. The third-order valence-corrected chi connectivity index (χ3v) is 5.57. The number of benzene rings is 2. The van der Waals surface area contributed by atoms with Crippen LogP contribution in [0, 0.1) is 11.6 Å². The van der Waals surface area contributed by atoms with E-state index in [1.54, 1.807) is 12.4 Å². The van der Waals surface area contributed by atoms with Crippen LogP contribution in [-0.4, -0.2) is 16.2 Å². The third-order valence-electron chi connectivity index (χ3n) is 5.57. The van der Waals surface area contributed by atoms with Crippen LogP contribution in [0.5, 0.6) is 0 Å². The Labute approximate surface area is 215 Å². The molecule has 2 nitrogen and oxygen atoms in total. The van der Waals surface area contributed by atoms with Crippen LogP contribution in [-0.2, 0) is 0 Å². The van der Waals surface area contributed by atoms with Crippen molar-refractivity contribution >= 4 is 0 Å². The van der Waals surface area contributed by atoms with Gasteiger partial charge in [0, 0.05) is 24.1 Å². The molecule has 1 unspecified atom stereocenters. The molecular weight excluding hydrogens is 457 g/mol. The second-order valence-corrected chi connectivity index (χ2v) is 8.48. The van der Waals surface area contributed by atoms with E-state index in [1.165, 1.54) is 11.6 Å². The number of para-hydroxylation sites is 1. The summed E-state index contributed by atoms with van der Waals surface area (Å²) in [5, 5.41) is 0. The Morgan fingerprint density at radius 2 is 1.72 bits per heavy atom. The molecule has 2 aromatic carbocycles. The molecule has 1 atom stereocenters. The number of nitrogens with zero attached hydrogens (tertiary/aromatic N) is 2. The predicted octanol–water partition coefficient (Wildman–Crippen LogP) is 10.0. The first kappa shape index (κ1) is 31.0. The summed E-state index contributed by atoms with van der Waals surface area (Å²) in [5.41, 5.74) is 3.87. The zero-order valence-electron chi connectivity index (χ0n) is 22.8. The lowest BCUT2D eigenvalue weighted by Crippen LogP contribution is -2.04. The molecule has 0 aliphatic carbocycles. The summed E-state index contributed by atoms with van der Waals surface area (Å²) < 4.78 is 42.1. The number of allylic oxidation sites excluding steroid dienone is 4. The summed E-state index contributed by atoms with van der Waals surface area (Å²) in [6, 6.07) is 11.9. The van der Waals surface area contributed by atoms with Gasteiger partial charge in [0.1, 0.15) is 24.1 Å². The Hall–Kier alpha value is -3.08. The van der Waals surface area contributed by atoms with Gasteiger partial charge >= 0.3 is 0 Å². The van der Waals surface area contributed by atoms with E-state index in [1.807, 2.05) is 82.5 Å². The van der Waals surface area contributed by atoms with Crippen molar-refractivity contribution < 1.29 is 13.2 Å². The lowest BCUT2D eigenvalue weighted by atomic mass is 9.92. The molecule has 0 saturated heterocycles. The van der Waals surface area contributed by atoms with Gasteiger partial charge in [0.2, 0.25) is 0 Å². The number of alkyl halides is 1. The van der Waals surface area contributed by atoms with E-state index in [-0.39, 0.29) is 12.6 Å². The van der Waals surface area contributed by atoms with Gasteiger partial charge in [-0.05, 0) is 61.9 Å². The van der Waals surface area contributed by atoms with E-state index < -0.39 is 11.6 Å². The fraction of sp³-hybridized carbons (Fsp3) is 0.387. The van der Waals surface area contributed by atoms with Crippen molar-refractivity contribution in [3.63, 3.8) is 0 Å². The Morgan fingerprint density at radius 3 is 2.31 bits per heavy atom. The molecular formula is C31H41F3N2. The fourth-order valence-electron chi connectivity index (χ4n) is 3.58. The molecule has 1 aromatic heterocycles. The standard InChI is InChI=1S/C19H18F2N2.C10H17F.C2H6/c1-3-13(2)16-11-14(20)12-17(21)18(16)19-22-9-10-23(19)15-7-5-4-6-8-15;1-4-5-6-9(2)7-10(3)8-11;1-2/h4-13H,3H2,1-2H3;6-7H,4-5,8H2,1-3H3;1-2H3/b;9-6-,10-7-;. The zero-order valence-corrected chi connectivity index (χ0v) is 22.8. The fourth-order valence-corrected chi connectivity index (χ4v) is 3.58. The number of imidazole rings is 1. The number of hydrogen-bond donors (Lipinski definition) is 0. The topological polar surface area (TPSA) is 17.8 Å². The van der Waals surface area contributed by atoms with E-state index in [0.29, 0.717) is 17.0 Å². The monoisotopic (exact) mass is 498 g/mol. The van der Waals surface area contributed by atoms with Gasteiger partial charge in [-0.1, -0.05) is 77.0 Å². The molecule has 0 N–H and O–H groups in total. The average Bonchev–Trinajstić information content (AvgIpc) is 3.38. The van der Waals surface area contributed by atoms with E-state index >= 15 is 0 Å². The van der Waals surface area contributed by atoms with Gasteiger partial charge in [-0.2, -0.15) is 0 Å². The van der Waals surface area contributed by atoms with E-state index in [2.05, 4.69) is 18.0 Å². The first-order valence-electron chi connectivity index (χ1n) is 12.8. The summed E-state index contributed by atoms with van der Waals surface area (Å²) in [5.74, 6) is -0.608. The minimum Gasteiger partial charge on any atom is -0.300 e. The second kappa shape index (κ2) is 16.6. The molecule has 0 fully saturated rings. The molecule has 0 aliphatic rings. The van der Waals surface area contributed by atoms with Crippen LogP contribution in [0.2, 0.25) is 0 Å². The second-order valence-electron chi connectivity index (χ2n) is 8.48. The SMILES string of the molecule is CC.CCC(C)c1cc(F)cc(F)c1-c1nccn1-c1ccccc1.CCC/C=C(C)\C=C(\C)CF. The van der Waals surface area contributed by atoms with E-state index in [0.717, 1.165) is 36.6 Å². The summed E-state index contributed by atoms with van der Waals surface area (Å²) in [4.78, 5) is 4.33. The van der Waals surface area contributed by atoms with Gasteiger partial charge in [-0.3, -0.25) is 4.57 Å². The largest absolute Gasteiger partial charge is 0.300 e. The van der Waals surface area contributed by atoms with Crippen molar-refractivity contribution in [2.24, 2.45) is 0 Å². The van der Waals surface area contributed by atoms with Gasteiger partial charge in [0.25, 0.3) is 0 Å². The normalized spacial score (nSPS) is 12.3. The van der Waals surface area contributed by atoms with Gasteiger partial charge in [-0.15, -0.1) is 0 Å². The summed E-state index contributed by atoms with van der Waals surface area (Å²) in [6.07, 6.45) is 10.5. The molecule has 0 saturated carbocycles. The zero-order chi connectivity index (χ0) is 27.1. The minimum absolute atomic E-state index is 0.0381. The highest BCUT2D eigenvalue weighted by atomic mass is 19.1. The van der Waals surface area contributed by atoms with Gasteiger partial charge < -0.3 is 0 Å². The molecule has 3 aromatic rings. The molecule has 0 spiro atoms. The quantitative estimate of drug-likeness (QED) is 0.283. The summed E-state index contributed by atoms with van der Waals surface area (Å²) in [6.45, 7) is 13.6. The van der Waals surface area contributed by atoms with Crippen LogP contribution in [0.25, 0.3) is 17.1 Å². The first-order chi connectivity index (χ1) is 17.3. The van der Waals surface area contributed by atoms with Crippen molar-refractivity contribution in [2.75, 3.05) is 6.67 Å². The highest BCUT2D eigenvalue weighted by molar-refractivity contribution is 5.65. The number of hydrogen-bond acceptors (Lipinski definition) is 1. The molecule has 0 bridgehead atoms. The van der Waals surface area contributed by atoms with Crippen LogP contribution in [0.4, 0.5) is 13.2 Å². The smallest absolute Gasteiger partial charge is 0.147 e. The molecule has 0 radical (unpaired) electrons. The van der Waals surface area contributed by atoms with Gasteiger partial charge in [0.15, 0.2) is 0 Å². The first-order valence-corrected chi connectivity index (χ1v) is 12.8. The van der Waals surface area contributed by atoms with Crippen LogP contribution in [0.3, 0.4) is 0 Å². The van der Waals surface area contributed by atoms with Crippen LogP contribution < -0.4 is 0 Å². The van der Waals surface area contributed by atoms with Crippen molar-refractivity contribution in [2.45, 2.75) is 73.6 Å². The molecule has 196 valence electrons. The molecule has 3 rings (SSSR count). The Balaban J connectivity index is 0.000000423. The maximum absolute atomic E-state index is 14.6. The Bertz CT molecular complexity index is 1100. The average molecular weight is 499 g/mol. The molecule has 36 heavy (non-hydrogen) atoms.